The van der Waals surface area contributed by atoms with Gasteiger partial charge in [-0.25, -0.2) is 5.43 Å². The number of rotatable bonds is 4. The van der Waals surface area contributed by atoms with Crippen LogP contribution in [0.15, 0.2) is 34.1 Å². The highest BCUT2D eigenvalue weighted by molar-refractivity contribution is 5.93. The molecule has 0 radical (unpaired) electrons. The van der Waals surface area contributed by atoms with Crippen molar-refractivity contribution in [3.63, 3.8) is 0 Å². The Hall–Kier alpha value is -2.67. The summed E-state index contributed by atoms with van der Waals surface area (Å²) in [6, 6.07) is 3.08. The van der Waals surface area contributed by atoms with Crippen LogP contribution in [-0.4, -0.2) is 27.3 Å². The number of carbonyl (C=O) groups is 1. The van der Waals surface area contributed by atoms with Gasteiger partial charge in [0, 0.05) is 17.3 Å². The molecule has 7 heteroatoms. The summed E-state index contributed by atoms with van der Waals surface area (Å²) in [6.45, 7) is 1.32. The first kappa shape index (κ1) is 13.8. The molecule has 3 N–H and O–H groups in total. The molecule has 2 rings (SSSR count). The average molecular weight is 275 g/mol. The number of carbonyl (C=O) groups excluding carboxylic acids is 1. The van der Waals surface area contributed by atoms with Crippen LogP contribution >= 0.6 is 0 Å². The Morgan fingerprint density at radius 2 is 2.40 bits per heavy atom. The molecular weight excluding hydrogens is 262 g/mol. The van der Waals surface area contributed by atoms with Crippen molar-refractivity contribution in [2.45, 2.75) is 13.5 Å². The van der Waals surface area contributed by atoms with E-state index in [1.165, 1.54) is 24.7 Å². The van der Waals surface area contributed by atoms with Crippen molar-refractivity contribution < 1.29 is 19.4 Å². The molecule has 104 valence electrons. The molecule has 1 amide bonds. The molecule has 0 fully saturated rings. The molecular formula is C13H13N3O4. The highest BCUT2D eigenvalue weighted by Crippen LogP contribution is 2.21. The van der Waals surface area contributed by atoms with Crippen LogP contribution in [0.4, 0.5) is 0 Å². The lowest BCUT2D eigenvalue weighted by Crippen LogP contribution is -2.17. The number of nitrogens with zero attached hydrogens (tertiary/aromatic N) is 2. The Morgan fingerprint density at radius 3 is 3.05 bits per heavy atom. The fourth-order valence-corrected chi connectivity index (χ4v) is 1.54. The Bertz CT molecular complexity index is 635. The average Bonchev–Trinajstić information content (AvgIpc) is 2.97. The Labute approximate surface area is 114 Å². The normalized spacial score (nSPS) is 10.9. The van der Waals surface area contributed by atoms with E-state index in [2.05, 4.69) is 15.5 Å². The maximum atomic E-state index is 11.6. The highest BCUT2D eigenvalue weighted by Gasteiger charge is 2.10. The van der Waals surface area contributed by atoms with Crippen LogP contribution in [0.1, 0.15) is 27.4 Å². The SMILES string of the molecule is Cc1ncc(CO)c(C=NNC(=O)c2ccco2)c1O. The van der Waals surface area contributed by atoms with Gasteiger partial charge in [0.05, 0.1) is 24.8 Å². The van der Waals surface area contributed by atoms with Gasteiger partial charge in [-0.15, -0.1) is 0 Å². The van der Waals surface area contributed by atoms with Crippen molar-refractivity contribution in [2.75, 3.05) is 0 Å². The van der Waals surface area contributed by atoms with Crippen LogP contribution in [0.5, 0.6) is 5.75 Å². The molecule has 0 bridgehead atoms. The van der Waals surface area contributed by atoms with Crippen molar-refractivity contribution in [3.8, 4) is 5.75 Å². The number of aromatic nitrogens is 1. The first-order valence-corrected chi connectivity index (χ1v) is 5.78. The highest BCUT2D eigenvalue weighted by atomic mass is 16.3. The molecule has 7 nitrogen and oxygen atoms in total. The van der Waals surface area contributed by atoms with Gasteiger partial charge in [0.15, 0.2) is 5.76 Å². The number of aromatic hydroxyl groups is 1. The molecule has 0 saturated heterocycles. The third-order valence-electron chi connectivity index (χ3n) is 2.63. The van der Waals surface area contributed by atoms with E-state index < -0.39 is 5.91 Å². The van der Waals surface area contributed by atoms with Gasteiger partial charge in [0.25, 0.3) is 0 Å². The van der Waals surface area contributed by atoms with Gasteiger partial charge in [0.1, 0.15) is 5.75 Å². The largest absolute Gasteiger partial charge is 0.505 e. The second kappa shape index (κ2) is 5.98. The van der Waals surface area contributed by atoms with E-state index in [-0.39, 0.29) is 18.1 Å². The zero-order chi connectivity index (χ0) is 14.5. The van der Waals surface area contributed by atoms with Crippen LogP contribution in [0, 0.1) is 6.92 Å². The summed E-state index contributed by atoms with van der Waals surface area (Å²) in [4.78, 5) is 15.5. The van der Waals surface area contributed by atoms with Gasteiger partial charge in [-0.05, 0) is 19.1 Å². The van der Waals surface area contributed by atoms with Gasteiger partial charge in [0.2, 0.25) is 0 Å². The Morgan fingerprint density at radius 1 is 1.60 bits per heavy atom. The minimum Gasteiger partial charge on any atom is -0.505 e. The molecule has 2 aromatic heterocycles. The summed E-state index contributed by atoms with van der Waals surface area (Å²) in [5.41, 5.74) is 3.37. The van der Waals surface area contributed by atoms with E-state index >= 15 is 0 Å². The van der Waals surface area contributed by atoms with Crippen molar-refractivity contribution in [2.24, 2.45) is 5.10 Å². The molecule has 0 aromatic carbocycles. The monoisotopic (exact) mass is 275 g/mol. The van der Waals surface area contributed by atoms with E-state index in [0.717, 1.165) is 0 Å². The minimum absolute atomic E-state index is 0.0902. The summed E-state index contributed by atoms with van der Waals surface area (Å²) >= 11 is 0. The number of aliphatic hydroxyl groups excluding tert-OH is 1. The summed E-state index contributed by atoms with van der Waals surface area (Å²) in [6.07, 6.45) is 4.06. The van der Waals surface area contributed by atoms with Gasteiger partial charge >= 0.3 is 5.91 Å². The van der Waals surface area contributed by atoms with Crippen LogP contribution in [-0.2, 0) is 6.61 Å². The number of hydrazone groups is 1. The molecule has 0 saturated carbocycles. The maximum absolute atomic E-state index is 11.6. The number of aryl methyl sites for hydroxylation is 1. The topological polar surface area (TPSA) is 108 Å². The molecule has 2 aromatic rings. The van der Waals surface area contributed by atoms with Gasteiger partial charge < -0.3 is 14.6 Å². The van der Waals surface area contributed by atoms with Gasteiger partial charge in [-0.1, -0.05) is 0 Å². The fraction of sp³-hybridized carbons (Fsp3) is 0.154. The van der Waals surface area contributed by atoms with Crippen LogP contribution < -0.4 is 5.43 Å². The Kier molecular flexibility index (Phi) is 4.11. The van der Waals surface area contributed by atoms with E-state index in [4.69, 9.17) is 4.42 Å². The third-order valence-corrected chi connectivity index (χ3v) is 2.63. The summed E-state index contributed by atoms with van der Waals surface area (Å²) in [5.74, 6) is -0.478. The molecule has 0 aliphatic carbocycles. The molecule has 2 heterocycles. The molecule has 20 heavy (non-hydrogen) atoms. The number of amides is 1. The molecule has 0 spiro atoms. The quantitative estimate of drug-likeness (QED) is 0.568. The van der Waals surface area contributed by atoms with Gasteiger partial charge in [-0.3, -0.25) is 9.78 Å². The van der Waals surface area contributed by atoms with E-state index in [0.29, 0.717) is 16.8 Å². The van der Waals surface area contributed by atoms with E-state index in [1.54, 1.807) is 13.0 Å². The number of aliphatic hydroxyl groups is 1. The van der Waals surface area contributed by atoms with Crippen LogP contribution in [0.2, 0.25) is 0 Å². The standard InChI is InChI=1S/C13H13N3O4/c1-8-12(18)10(9(7-17)5-14-8)6-15-16-13(19)11-3-2-4-20-11/h2-6,17-18H,7H2,1H3,(H,16,19). The first-order chi connectivity index (χ1) is 9.63. The van der Waals surface area contributed by atoms with Crippen molar-refractivity contribution in [3.05, 3.63) is 47.2 Å². The lowest BCUT2D eigenvalue weighted by molar-refractivity contribution is 0.0927. The van der Waals surface area contributed by atoms with Crippen molar-refractivity contribution in [1.29, 1.82) is 0 Å². The van der Waals surface area contributed by atoms with Crippen molar-refractivity contribution in [1.82, 2.24) is 10.4 Å². The predicted molar refractivity (Wildman–Crippen MR) is 70.3 cm³/mol. The smallest absolute Gasteiger partial charge is 0.307 e. The van der Waals surface area contributed by atoms with Crippen LogP contribution in [0.3, 0.4) is 0 Å². The summed E-state index contributed by atoms with van der Waals surface area (Å²) in [7, 11) is 0. The lowest BCUT2D eigenvalue weighted by Gasteiger charge is -2.06. The minimum atomic E-state index is -0.512. The fourth-order valence-electron chi connectivity index (χ4n) is 1.54. The second-order valence-electron chi connectivity index (χ2n) is 3.97. The zero-order valence-electron chi connectivity index (χ0n) is 10.7. The predicted octanol–water partition coefficient (Wildman–Crippen LogP) is 0.945. The second-order valence-corrected chi connectivity index (χ2v) is 3.97. The zero-order valence-corrected chi connectivity index (χ0v) is 10.7. The number of hydrogen-bond donors (Lipinski definition) is 3. The summed E-state index contributed by atoms with van der Waals surface area (Å²) in [5, 5.41) is 22.8. The van der Waals surface area contributed by atoms with E-state index in [9.17, 15) is 15.0 Å². The maximum Gasteiger partial charge on any atom is 0.307 e. The molecule has 0 aliphatic rings. The number of furan rings is 1. The van der Waals surface area contributed by atoms with E-state index in [1.807, 2.05) is 0 Å². The molecule has 0 unspecified atom stereocenters. The number of hydrogen-bond acceptors (Lipinski definition) is 6. The first-order valence-electron chi connectivity index (χ1n) is 5.78. The van der Waals surface area contributed by atoms with Gasteiger partial charge in [-0.2, -0.15) is 5.10 Å². The molecule has 0 atom stereocenters. The third kappa shape index (κ3) is 2.83. The van der Waals surface area contributed by atoms with Crippen molar-refractivity contribution >= 4 is 12.1 Å². The number of nitrogens with one attached hydrogen (secondary N) is 1. The molecule has 0 aliphatic heterocycles. The Balaban J connectivity index is 2.15. The number of pyridine rings is 1. The lowest BCUT2D eigenvalue weighted by atomic mass is 10.1. The summed E-state index contributed by atoms with van der Waals surface area (Å²) < 4.78 is 4.90. The van der Waals surface area contributed by atoms with Crippen LogP contribution in [0.25, 0.3) is 0 Å².